The van der Waals surface area contributed by atoms with E-state index >= 15 is 0 Å². The number of para-hydroxylation sites is 1. The largest absolute Gasteiger partial charge is 0.488 e. The maximum atomic E-state index is 13.2. The molecular formula is C21H26N2O4. The van der Waals surface area contributed by atoms with Crippen molar-refractivity contribution in [2.24, 2.45) is 0 Å². The van der Waals surface area contributed by atoms with Crippen LogP contribution in [0.15, 0.2) is 29.8 Å². The maximum Gasteiger partial charge on any atom is 0.253 e. The smallest absolute Gasteiger partial charge is 0.253 e. The third-order valence-corrected chi connectivity index (χ3v) is 5.43. The van der Waals surface area contributed by atoms with E-state index in [1.165, 1.54) is 0 Å². The molecule has 1 aromatic rings. The predicted octanol–water partition coefficient (Wildman–Crippen LogP) is 2.09. The first-order valence-electron chi connectivity index (χ1n) is 9.82. The van der Waals surface area contributed by atoms with Gasteiger partial charge in [0.05, 0.1) is 11.7 Å². The molecule has 0 saturated carbocycles. The SMILES string of the molecule is O=C(CN(C[C@H]1CCCO1)C(=O)C1=Cc2ccccc2OC1)N1CCCC1. The summed E-state index contributed by atoms with van der Waals surface area (Å²) in [7, 11) is 0. The highest BCUT2D eigenvalue weighted by atomic mass is 16.5. The van der Waals surface area contributed by atoms with Crippen LogP contribution >= 0.6 is 0 Å². The fourth-order valence-corrected chi connectivity index (χ4v) is 3.93. The molecule has 0 aliphatic carbocycles. The van der Waals surface area contributed by atoms with Gasteiger partial charge < -0.3 is 19.3 Å². The Kier molecular flexibility index (Phi) is 5.43. The zero-order valence-electron chi connectivity index (χ0n) is 15.6. The second-order valence-electron chi connectivity index (χ2n) is 7.40. The minimum absolute atomic E-state index is 0.0118. The number of carbonyl (C=O) groups excluding carboxylic acids is 2. The summed E-state index contributed by atoms with van der Waals surface area (Å²) >= 11 is 0. The van der Waals surface area contributed by atoms with Crippen LogP contribution in [0.2, 0.25) is 0 Å². The molecule has 3 aliphatic rings. The normalized spacial score (nSPS) is 21.4. The quantitative estimate of drug-likeness (QED) is 0.796. The molecule has 0 spiro atoms. The molecule has 1 aromatic carbocycles. The van der Waals surface area contributed by atoms with E-state index in [-0.39, 0.29) is 31.1 Å². The first kappa shape index (κ1) is 18.0. The summed E-state index contributed by atoms with van der Waals surface area (Å²) in [5, 5.41) is 0. The van der Waals surface area contributed by atoms with Crippen molar-refractivity contribution in [1.29, 1.82) is 0 Å². The molecule has 2 fully saturated rings. The van der Waals surface area contributed by atoms with Gasteiger partial charge in [0.15, 0.2) is 0 Å². The number of nitrogens with zero attached hydrogens (tertiary/aromatic N) is 2. The Morgan fingerprint density at radius 1 is 1.15 bits per heavy atom. The number of rotatable bonds is 5. The zero-order valence-corrected chi connectivity index (χ0v) is 15.6. The molecule has 6 heteroatoms. The molecule has 2 saturated heterocycles. The Labute approximate surface area is 159 Å². The number of carbonyl (C=O) groups is 2. The lowest BCUT2D eigenvalue weighted by atomic mass is 10.1. The van der Waals surface area contributed by atoms with Crippen molar-refractivity contribution in [2.75, 3.05) is 39.4 Å². The van der Waals surface area contributed by atoms with E-state index in [9.17, 15) is 9.59 Å². The fourth-order valence-electron chi connectivity index (χ4n) is 3.93. The molecule has 27 heavy (non-hydrogen) atoms. The summed E-state index contributed by atoms with van der Waals surface area (Å²) in [4.78, 5) is 29.4. The zero-order chi connectivity index (χ0) is 18.6. The number of hydrogen-bond donors (Lipinski definition) is 0. The van der Waals surface area contributed by atoms with Crippen molar-refractivity contribution < 1.29 is 19.1 Å². The molecule has 144 valence electrons. The topological polar surface area (TPSA) is 59.1 Å². The molecule has 3 heterocycles. The Morgan fingerprint density at radius 3 is 2.74 bits per heavy atom. The molecule has 2 amide bonds. The third kappa shape index (κ3) is 4.16. The van der Waals surface area contributed by atoms with Crippen molar-refractivity contribution in [2.45, 2.75) is 31.8 Å². The van der Waals surface area contributed by atoms with Gasteiger partial charge in [0, 0.05) is 31.8 Å². The summed E-state index contributed by atoms with van der Waals surface area (Å²) in [6.45, 7) is 3.11. The Bertz CT molecular complexity index is 733. The lowest BCUT2D eigenvalue weighted by molar-refractivity contribution is -0.139. The van der Waals surface area contributed by atoms with Gasteiger partial charge in [0.2, 0.25) is 5.91 Å². The van der Waals surface area contributed by atoms with Crippen LogP contribution in [-0.4, -0.2) is 67.1 Å². The van der Waals surface area contributed by atoms with Gasteiger partial charge in [-0.15, -0.1) is 0 Å². The summed E-state index contributed by atoms with van der Waals surface area (Å²) in [5.41, 5.74) is 1.48. The molecule has 6 nitrogen and oxygen atoms in total. The van der Waals surface area contributed by atoms with Crippen LogP contribution in [0.5, 0.6) is 5.75 Å². The van der Waals surface area contributed by atoms with Crippen LogP contribution in [0.4, 0.5) is 0 Å². The first-order valence-corrected chi connectivity index (χ1v) is 9.82. The number of ether oxygens (including phenoxy) is 2. The molecule has 1 atom stereocenters. The van der Waals surface area contributed by atoms with Crippen LogP contribution in [0.25, 0.3) is 6.08 Å². The summed E-state index contributed by atoms with van der Waals surface area (Å²) < 4.78 is 11.5. The van der Waals surface area contributed by atoms with Crippen LogP contribution in [0.3, 0.4) is 0 Å². The fraction of sp³-hybridized carbons (Fsp3) is 0.524. The monoisotopic (exact) mass is 370 g/mol. The number of fused-ring (bicyclic) bond motifs is 1. The van der Waals surface area contributed by atoms with Gasteiger partial charge in [-0.1, -0.05) is 18.2 Å². The van der Waals surface area contributed by atoms with Crippen LogP contribution in [0, 0.1) is 0 Å². The molecule has 0 bridgehead atoms. The minimum atomic E-state index is -0.132. The van der Waals surface area contributed by atoms with Gasteiger partial charge in [0.1, 0.15) is 18.9 Å². The average Bonchev–Trinajstić information content (AvgIpc) is 3.40. The van der Waals surface area contributed by atoms with Crippen molar-refractivity contribution in [3.8, 4) is 5.75 Å². The van der Waals surface area contributed by atoms with Crippen LogP contribution in [-0.2, 0) is 14.3 Å². The Hall–Kier alpha value is -2.34. The third-order valence-electron chi connectivity index (χ3n) is 5.43. The summed E-state index contributed by atoms with van der Waals surface area (Å²) in [6.07, 6.45) is 5.91. The number of hydrogen-bond acceptors (Lipinski definition) is 4. The molecule has 0 unspecified atom stereocenters. The van der Waals surface area contributed by atoms with Crippen molar-refractivity contribution >= 4 is 17.9 Å². The second kappa shape index (κ2) is 8.13. The molecule has 0 aromatic heterocycles. The van der Waals surface area contributed by atoms with Gasteiger partial charge in [-0.25, -0.2) is 0 Å². The summed E-state index contributed by atoms with van der Waals surface area (Å²) in [6, 6.07) is 7.67. The van der Waals surface area contributed by atoms with E-state index < -0.39 is 0 Å². The highest BCUT2D eigenvalue weighted by molar-refractivity contribution is 6.00. The summed E-state index contributed by atoms with van der Waals surface area (Å²) in [5.74, 6) is 0.678. The molecule has 3 aliphatic heterocycles. The highest BCUT2D eigenvalue weighted by Gasteiger charge is 2.29. The van der Waals surface area contributed by atoms with Gasteiger partial charge in [0.25, 0.3) is 5.91 Å². The van der Waals surface area contributed by atoms with E-state index in [0.717, 1.165) is 56.7 Å². The van der Waals surface area contributed by atoms with E-state index in [2.05, 4.69) is 0 Å². The van der Waals surface area contributed by atoms with E-state index in [0.29, 0.717) is 12.1 Å². The first-order chi connectivity index (χ1) is 13.2. The lowest BCUT2D eigenvalue weighted by Gasteiger charge is -2.29. The number of likely N-dealkylation sites (tertiary alicyclic amines) is 1. The second-order valence-corrected chi connectivity index (χ2v) is 7.40. The predicted molar refractivity (Wildman–Crippen MR) is 101 cm³/mol. The van der Waals surface area contributed by atoms with Gasteiger partial charge in [-0.2, -0.15) is 0 Å². The van der Waals surface area contributed by atoms with Crippen molar-refractivity contribution in [3.63, 3.8) is 0 Å². The van der Waals surface area contributed by atoms with E-state index in [1.807, 2.05) is 35.2 Å². The maximum absolute atomic E-state index is 13.2. The van der Waals surface area contributed by atoms with Crippen LogP contribution in [0.1, 0.15) is 31.2 Å². The standard InChI is InChI=1S/C21H26N2O4/c24-20(22-9-3-4-10-22)14-23(13-18-7-5-11-26-18)21(25)17-12-16-6-1-2-8-19(16)27-15-17/h1-2,6,8,12,18H,3-5,7,9-11,13-15H2/t18-/m1/s1. The molecular weight excluding hydrogens is 344 g/mol. The number of amides is 2. The van der Waals surface area contributed by atoms with E-state index in [4.69, 9.17) is 9.47 Å². The Morgan fingerprint density at radius 2 is 1.96 bits per heavy atom. The van der Waals surface area contributed by atoms with Gasteiger partial charge in [-0.3, -0.25) is 9.59 Å². The molecule has 4 rings (SSSR count). The highest BCUT2D eigenvalue weighted by Crippen LogP contribution is 2.27. The van der Waals surface area contributed by atoms with E-state index in [1.54, 1.807) is 4.90 Å². The molecule has 0 N–H and O–H groups in total. The Balaban J connectivity index is 1.51. The van der Waals surface area contributed by atoms with Crippen LogP contribution < -0.4 is 4.74 Å². The van der Waals surface area contributed by atoms with Gasteiger partial charge >= 0.3 is 0 Å². The van der Waals surface area contributed by atoms with Crippen molar-refractivity contribution in [1.82, 2.24) is 9.80 Å². The van der Waals surface area contributed by atoms with Crippen molar-refractivity contribution in [3.05, 3.63) is 35.4 Å². The number of benzene rings is 1. The minimum Gasteiger partial charge on any atom is -0.488 e. The van der Waals surface area contributed by atoms with Gasteiger partial charge in [-0.05, 0) is 37.8 Å². The lowest BCUT2D eigenvalue weighted by Crippen LogP contribution is -2.46. The average molecular weight is 370 g/mol. The molecule has 0 radical (unpaired) electrons.